The van der Waals surface area contributed by atoms with Crippen LogP contribution in [-0.4, -0.2) is 52.7 Å². The fourth-order valence-corrected chi connectivity index (χ4v) is 4.00. The summed E-state index contributed by atoms with van der Waals surface area (Å²) in [4.78, 5) is 41.8. The number of aliphatic hydroxyl groups is 1. The zero-order chi connectivity index (χ0) is 27.8. The van der Waals surface area contributed by atoms with Crippen molar-refractivity contribution in [3.05, 3.63) is 65.2 Å². The Labute approximate surface area is 220 Å². The lowest BCUT2D eigenvalue weighted by Crippen LogP contribution is -2.55. The first kappa shape index (κ1) is 29.8. The van der Waals surface area contributed by atoms with Crippen molar-refractivity contribution >= 4 is 23.6 Å². The van der Waals surface area contributed by atoms with E-state index >= 15 is 0 Å². The third-order valence-corrected chi connectivity index (χ3v) is 6.10. The van der Waals surface area contributed by atoms with Gasteiger partial charge in [-0.25, -0.2) is 4.79 Å². The van der Waals surface area contributed by atoms with Gasteiger partial charge in [-0.2, -0.15) is 0 Å². The van der Waals surface area contributed by atoms with Crippen molar-refractivity contribution in [2.24, 2.45) is 5.92 Å². The number of carbonyl (C=O) groups excluding carboxylic acids is 3. The van der Waals surface area contributed by atoms with Crippen LogP contribution in [0.25, 0.3) is 0 Å². The molecular weight excluding hydrogens is 470 g/mol. The van der Waals surface area contributed by atoms with Crippen LogP contribution in [0.15, 0.2) is 48.5 Å². The van der Waals surface area contributed by atoms with Crippen LogP contribution in [0.3, 0.4) is 0 Å². The van der Waals surface area contributed by atoms with E-state index in [4.69, 9.17) is 4.74 Å². The Hall–Kier alpha value is -3.39. The fourth-order valence-electron chi connectivity index (χ4n) is 4.00. The number of hydrogen-bond acceptors (Lipinski definition) is 5. The predicted molar refractivity (Wildman–Crippen MR) is 145 cm³/mol. The van der Waals surface area contributed by atoms with Crippen LogP contribution < -0.4 is 10.6 Å². The molecule has 0 bridgehead atoms. The molecular formula is C29H41N3O5. The molecule has 8 nitrogen and oxygen atoms in total. The van der Waals surface area contributed by atoms with Gasteiger partial charge in [-0.1, -0.05) is 68.3 Å². The summed E-state index contributed by atoms with van der Waals surface area (Å²) in [5, 5.41) is 15.6. The van der Waals surface area contributed by atoms with Crippen LogP contribution in [-0.2, 0) is 14.3 Å². The summed E-state index contributed by atoms with van der Waals surface area (Å²) >= 11 is 0. The average Bonchev–Trinajstić information content (AvgIpc) is 2.81. The predicted octanol–water partition coefficient (Wildman–Crippen LogP) is 4.74. The second-order valence-electron chi connectivity index (χ2n) is 10.4. The Morgan fingerprint density at radius 2 is 1.73 bits per heavy atom. The number of nitrogens with one attached hydrogen (secondary N) is 2. The minimum Gasteiger partial charge on any atom is -0.444 e. The molecule has 0 aliphatic heterocycles. The number of nitrogens with zero attached hydrogens (tertiary/aromatic N) is 1. The third-order valence-electron chi connectivity index (χ3n) is 6.10. The maximum Gasteiger partial charge on any atom is 0.408 e. The standard InChI is InChI=1S/C29H41N3O5/c1-8-20(3)24(31-28(36)37-29(5,6)7)27(35)32(16-17-33)25(22-14-11-12-19(2)18-22)26(34)30-23-15-10-9-13-21(23)4/h9-15,18,20,24-25,33H,8,16-17H2,1-7H3,(H,30,34)(H,31,36). The highest BCUT2D eigenvalue weighted by Gasteiger charge is 2.38. The Kier molecular flexibility index (Phi) is 10.7. The first-order chi connectivity index (χ1) is 17.4. The number of hydrogen-bond donors (Lipinski definition) is 3. The normalized spacial score (nSPS) is 13.7. The number of para-hydroxylation sites is 1. The molecule has 37 heavy (non-hydrogen) atoms. The van der Waals surface area contributed by atoms with Gasteiger partial charge in [0.15, 0.2) is 0 Å². The Bertz CT molecular complexity index is 1080. The van der Waals surface area contributed by atoms with E-state index in [1.807, 2.05) is 64.1 Å². The van der Waals surface area contributed by atoms with Gasteiger partial charge in [-0.3, -0.25) is 9.59 Å². The Morgan fingerprint density at radius 3 is 2.30 bits per heavy atom. The fraction of sp³-hybridized carbons (Fsp3) is 0.483. The second kappa shape index (κ2) is 13.2. The van der Waals surface area contributed by atoms with E-state index in [1.54, 1.807) is 32.9 Å². The van der Waals surface area contributed by atoms with Crippen molar-refractivity contribution in [3.8, 4) is 0 Å². The lowest BCUT2D eigenvalue weighted by molar-refractivity contribution is -0.142. The molecule has 0 aliphatic rings. The first-order valence-electron chi connectivity index (χ1n) is 12.7. The summed E-state index contributed by atoms with van der Waals surface area (Å²) in [6, 6.07) is 12.8. The molecule has 202 valence electrons. The lowest BCUT2D eigenvalue weighted by atomic mass is 9.95. The highest BCUT2D eigenvalue weighted by atomic mass is 16.6. The van der Waals surface area contributed by atoms with Gasteiger partial charge in [0.25, 0.3) is 5.91 Å². The summed E-state index contributed by atoms with van der Waals surface area (Å²) in [6.45, 7) is 12.3. The minimum atomic E-state index is -1.04. The van der Waals surface area contributed by atoms with Gasteiger partial charge < -0.3 is 25.4 Å². The smallest absolute Gasteiger partial charge is 0.408 e. The van der Waals surface area contributed by atoms with Crippen molar-refractivity contribution in [1.29, 1.82) is 0 Å². The van der Waals surface area contributed by atoms with Crippen LogP contribution in [0.4, 0.5) is 10.5 Å². The highest BCUT2D eigenvalue weighted by molar-refractivity contribution is 5.99. The van der Waals surface area contributed by atoms with Crippen LogP contribution in [0.2, 0.25) is 0 Å². The molecule has 3 unspecified atom stereocenters. The lowest BCUT2D eigenvalue weighted by Gasteiger charge is -2.36. The number of aliphatic hydroxyl groups excluding tert-OH is 1. The van der Waals surface area contributed by atoms with E-state index in [2.05, 4.69) is 10.6 Å². The summed E-state index contributed by atoms with van der Waals surface area (Å²) < 4.78 is 5.40. The number of alkyl carbamates (subject to hydrolysis) is 1. The number of anilines is 1. The molecule has 3 atom stereocenters. The van der Waals surface area contributed by atoms with Gasteiger partial charge in [0.1, 0.15) is 17.7 Å². The molecule has 0 fully saturated rings. The summed E-state index contributed by atoms with van der Waals surface area (Å²) in [7, 11) is 0. The molecule has 2 rings (SSSR count). The molecule has 8 heteroatoms. The maximum atomic E-state index is 14.0. The van der Waals surface area contributed by atoms with E-state index in [0.717, 1.165) is 11.1 Å². The Morgan fingerprint density at radius 1 is 1.05 bits per heavy atom. The van der Waals surface area contributed by atoms with Crippen molar-refractivity contribution in [2.75, 3.05) is 18.5 Å². The summed E-state index contributed by atoms with van der Waals surface area (Å²) in [6.07, 6.45) is -0.115. The molecule has 0 radical (unpaired) electrons. The van der Waals surface area contributed by atoms with E-state index in [1.165, 1.54) is 4.90 Å². The van der Waals surface area contributed by atoms with Gasteiger partial charge >= 0.3 is 6.09 Å². The number of rotatable bonds is 10. The molecule has 0 saturated carbocycles. The number of aryl methyl sites for hydroxylation is 2. The minimum absolute atomic E-state index is 0.0957. The maximum absolute atomic E-state index is 14.0. The molecule has 0 aliphatic carbocycles. The molecule has 0 saturated heterocycles. The van der Waals surface area contributed by atoms with Crippen molar-refractivity contribution in [1.82, 2.24) is 10.2 Å². The van der Waals surface area contributed by atoms with E-state index in [-0.39, 0.29) is 19.1 Å². The number of amides is 3. The highest BCUT2D eigenvalue weighted by Crippen LogP contribution is 2.27. The van der Waals surface area contributed by atoms with Gasteiger partial charge in [0, 0.05) is 12.2 Å². The van der Waals surface area contributed by atoms with Crippen LogP contribution in [0.5, 0.6) is 0 Å². The quantitative estimate of drug-likeness (QED) is 0.427. The largest absolute Gasteiger partial charge is 0.444 e. The molecule has 3 amide bonds. The zero-order valence-electron chi connectivity index (χ0n) is 23.0. The van der Waals surface area contributed by atoms with Crippen molar-refractivity contribution < 1.29 is 24.2 Å². The topological polar surface area (TPSA) is 108 Å². The number of ether oxygens (including phenoxy) is 1. The van der Waals surface area contributed by atoms with Crippen LogP contribution in [0.1, 0.15) is 63.8 Å². The molecule has 3 N–H and O–H groups in total. The third kappa shape index (κ3) is 8.60. The van der Waals surface area contributed by atoms with E-state index in [0.29, 0.717) is 17.7 Å². The summed E-state index contributed by atoms with van der Waals surface area (Å²) in [5.74, 6) is -1.14. The van der Waals surface area contributed by atoms with E-state index in [9.17, 15) is 19.5 Å². The van der Waals surface area contributed by atoms with Gasteiger partial charge in [-0.15, -0.1) is 0 Å². The molecule has 2 aromatic carbocycles. The van der Waals surface area contributed by atoms with Gasteiger partial charge in [-0.05, 0) is 57.7 Å². The number of carbonyl (C=O) groups is 3. The van der Waals surface area contributed by atoms with Gasteiger partial charge in [0.05, 0.1) is 6.61 Å². The number of benzene rings is 2. The molecule has 2 aromatic rings. The van der Waals surface area contributed by atoms with Gasteiger partial charge in [0.2, 0.25) is 5.91 Å². The first-order valence-corrected chi connectivity index (χ1v) is 12.7. The van der Waals surface area contributed by atoms with Crippen molar-refractivity contribution in [3.63, 3.8) is 0 Å². The average molecular weight is 512 g/mol. The Balaban J connectivity index is 2.52. The van der Waals surface area contributed by atoms with Crippen LogP contribution in [0, 0.1) is 19.8 Å². The van der Waals surface area contributed by atoms with E-state index < -0.39 is 35.6 Å². The molecule has 0 aromatic heterocycles. The SMILES string of the molecule is CCC(C)C(NC(=O)OC(C)(C)C)C(=O)N(CCO)C(C(=O)Nc1ccccc1C)c1cccc(C)c1. The second-order valence-corrected chi connectivity index (χ2v) is 10.4. The monoisotopic (exact) mass is 511 g/mol. The van der Waals surface area contributed by atoms with Crippen LogP contribution >= 0.6 is 0 Å². The molecule has 0 spiro atoms. The molecule has 0 heterocycles. The van der Waals surface area contributed by atoms with Crippen molar-refractivity contribution in [2.45, 2.75) is 72.6 Å². The summed E-state index contributed by atoms with van der Waals surface area (Å²) in [5.41, 5.74) is 2.30. The zero-order valence-corrected chi connectivity index (χ0v) is 23.0.